The topological polar surface area (TPSA) is 61.8 Å². The molecule has 0 fully saturated rings. The molecule has 5 nitrogen and oxygen atoms in total. The molecule has 0 aromatic heterocycles. The number of ether oxygens (including phenoxy) is 3. The van der Waals surface area contributed by atoms with E-state index >= 15 is 0 Å². The molecule has 0 bridgehead atoms. The second-order valence-corrected chi connectivity index (χ2v) is 14.9. The van der Waals surface area contributed by atoms with Crippen molar-refractivity contribution in [2.24, 2.45) is 0 Å². The van der Waals surface area contributed by atoms with E-state index < -0.39 is 6.10 Å². The third kappa shape index (κ3) is 43.8. The summed E-state index contributed by atoms with van der Waals surface area (Å²) >= 11 is 0. The normalized spacial score (nSPS) is 13.0. The van der Waals surface area contributed by atoms with Crippen LogP contribution in [-0.4, -0.2) is 37.9 Å². The Kier molecular flexibility index (Phi) is 44.0. The maximum atomic E-state index is 12.7. The Morgan fingerprint density at radius 1 is 0.411 bits per heavy atom. The zero-order valence-electron chi connectivity index (χ0n) is 36.6. The minimum absolute atomic E-state index is 0.0563. The molecule has 0 aromatic carbocycles. The second-order valence-electron chi connectivity index (χ2n) is 14.9. The molecule has 5 heteroatoms. The molecule has 0 amide bonds. The summed E-state index contributed by atoms with van der Waals surface area (Å²) in [7, 11) is 0. The highest BCUT2D eigenvalue weighted by molar-refractivity contribution is 5.70. The molecule has 56 heavy (non-hydrogen) atoms. The van der Waals surface area contributed by atoms with Gasteiger partial charge in [-0.25, -0.2) is 0 Å². The van der Waals surface area contributed by atoms with E-state index in [1.54, 1.807) is 0 Å². The molecule has 0 N–H and O–H groups in total. The molecular weight excluding hydrogens is 693 g/mol. The van der Waals surface area contributed by atoms with Crippen molar-refractivity contribution in [2.75, 3.05) is 19.8 Å². The summed E-state index contributed by atoms with van der Waals surface area (Å²) in [5.74, 6) is -0.450. The fraction of sp³-hybridized carbons (Fsp3) is 0.686. The van der Waals surface area contributed by atoms with Gasteiger partial charge in [0.1, 0.15) is 6.61 Å². The van der Waals surface area contributed by atoms with Crippen molar-refractivity contribution in [3.63, 3.8) is 0 Å². The minimum atomic E-state index is -0.567. The third-order valence-electron chi connectivity index (χ3n) is 9.38. The molecule has 0 heterocycles. The Balaban J connectivity index is 4.36. The monoisotopic (exact) mass is 779 g/mol. The van der Waals surface area contributed by atoms with Gasteiger partial charge in [0.25, 0.3) is 0 Å². The molecule has 0 radical (unpaired) electrons. The van der Waals surface area contributed by atoms with E-state index in [0.29, 0.717) is 19.4 Å². The van der Waals surface area contributed by atoms with Gasteiger partial charge in [0, 0.05) is 19.4 Å². The number of hydrogen-bond donors (Lipinski definition) is 0. The molecular formula is C51H86O5. The predicted octanol–water partition coefficient (Wildman–Crippen LogP) is 15.3. The molecule has 0 rings (SSSR count). The number of esters is 2. The van der Waals surface area contributed by atoms with E-state index in [9.17, 15) is 9.59 Å². The zero-order valence-corrected chi connectivity index (χ0v) is 36.6. The van der Waals surface area contributed by atoms with Crippen LogP contribution in [0.1, 0.15) is 201 Å². The lowest BCUT2D eigenvalue weighted by Gasteiger charge is -2.18. The Morgan fingerprint density at radius 2 is 0.804 bits per heavy atom. The number of carbonyl (C=O) groups is 2. The summed E-state index contributed by atoms with van der Waals surface area (Å²) in [6.07, 6.45) is 60.2. The van der Waals surface area contributed by atoms with Crippen molar-refractivity contribution in [3.8, 4) is 0 Å². The largest absolute Gasteiger partial charge is 0.462 e. The first-order chi connectivity index (χ1) is 27.6. The first kappa shape index (κ1) is 53.1. The highest BCUT2D eigenvalue weighted by Gasteiger charge is 2.17. The summed E-state index contributed by atoms with van der Waals surface area (Å²) < 4.78 is 17.2. The Bertz CT molecular complexity index is 1060. The number of hydrogen-bond acceptors (Lipinski definition) is 5. The van der Waals surface area contributed by atoms with Crippen molar-refractivity contribution in [3.05, 3.63) is 85.1 Å². The summed E-state index contributed by atoms with van der Waals surface area (Å²) in [5, 5.41) is 0. The van der Waals surface area contributed by atoms with Crippen LogP contribution in [0.4, 0.5) is 0 Å². The van der Waals surface area contributed by atoms with Crippen LogP contribution in [0.15, 0.2) is 85.1 Å². The van der Waals surface area contributed by atoms with Crippen LogP contribution in [0.25, 0.3) is 0 Å². The molecule has 1 atom stereocenters. The lowest BCUT2D eigenvalue weighted by atomic mass is 10.1. The lowest BCUT2D eigenvalue weighted by molar-refractivity contribution is -0.163. The molecule has 0 aliphatic carbocycles. The maximum absolute atomic E-state index is 12.7. The highest BCUT2D eigenvalue weighted by atomic mass is 16.6. The molecule has 0 spiro atoms. The average molecular weight is 779 g/mol. The molecule has 0 aromatic rings. The van der Waals surface area contributed by atoms with Crippen LogP contribution in [-0.2, 0) is 23.8 Å². The van der Waals surface area contributed by atoms with E-state index in [1.807, 2.05) is 0 Å². The molecule has 320 valence electrons. The SMILES string of the molecule is CC/C=C\C/C=C\C/C=C\C/C=C\C/C=C\CCCCOCC(COC(=O)CCCCCCC/C=C\CCCC)OC(=O)CCCCCCC/C=C\CCCC. The third-order valence-corrected chi connectivity index (χ3v) is 9.38. The standard InChI is InChI=1S/C51H86O5/c1-4-7-10-13-16-19-22-23-24-25-26-27-28-31-34-37-40-43-46-54-47-49(56-51(53)45-42-39-36-33-30-21-18-15-12-9-6-3)48-55-50(52)44-41-38-35-32-29-20-17-14-11-8-5-2/h7,10,14-19,23-24,26-27,31,34,49H,4-6,8-9,11-13,20-22,25,28-30,32-33,35-48H2,1-3H3/b10-7-,17-14-,18-15-,19-16-,24-23-,27-26-,34-31-. The van der Waals surface area contributed by atoms with Gasteiger partial charge in [-0.2, -0.15) is 0 Å². The van der Waals surface area contributed by atoms with Crippen molar-refractivity contribution >= 4 is 11.9 Å². The summed E-state index contributed by atoms with van der Waals surface area (Å²) in [4.78, 5) is 25.2. The van der Waals surface area contributed by atoms with Gasteiger partial charge in [-0.05, 0) is 103 Å². The first-order valence-electron chi connectivity index (χ1n) is 23.1. The van der Waals surface area contributed by atoms with Gasteiger partial charge >= 0.3 is 11.9 Å². The van der Waals surface area contributed by atoms with E-state index in [1.165, 1.54) is 64.2 Å². The predicted molar refractivity (Wildman–Crippen MR) is 242 cm³/mol. The quantitative estimate of drug-likeness (QED) is 0.0351. The zero-order chi connectivity index (χ0) is 40.7. The Morgan fingerprint density at radius 3 is 1.30 bits per heavy atom. The smallest absolute Gasteiger partial charge is 0.306 e. The van der Waals surface area contributed by atoms with Crippen LogP contribution in [0, 0.1) is 0 Å². The van der Waals surface area contributed by atoms with Crippen LogP contribution in [0.3, 0.4) is 0 Å². The average Bonchev–Trinajstić information content (AvgIpc) is 3.20. The van der Waals surface area contributed by atoms with Gasteiger partial charge in [-0.15, -0.1) is 0 Å². The van der Waals surface area contributed by atoms with Gasteiger partial charge in [0.2, 0.25) is 0 Å². The molecule has 0 saturated heterocycles. The Hall–Kier alpha value is -2.92. The number of unbranched alkanes of at least 4 members (excludes halogenated alkanes) is 16. The van der Waals surface area contributed by atoms with Gasteiger partial charge in [-0.1, -0.05) is 170 Å². The van der Waals surface area contributed by atoms with Gasteiger partial charge < -0.3 is 14.2 Å². The molecule has 0 aliphatic heterocycles. The molecule has 0 aliphatic rings. The summed E-state index contributed by atoms with van der Waals surface area (Å²) in [6.45, 7) is 7.51. The van der Waals surface area contributed by atoms with Crippen LogP contribution in [0.2, 0.25) is 0 Å². The molecule has 1 unspecified atom stereocenters. The fourth-order valence-corrected chi connectivity index (χ4v) is 5.91. The maximum Gasteiger partial charge on any atom is 0.306 e. The number of rotatable bonds is 41. The number of carbonyl (C=O) groups excluding carboxylic acids is 2. The molecule has 0 saturated carbocycles. The Labute approximate surface area is 346 Å². The summed E-state index contributed by atoms with van der Waals surface area (Å²) in [5.41, 5.74) is 0. The van der Waals surface area contributed by atoms with Crippen molar-refractivity contribution in [1.29, 1.82) is 0 Å². The minimum Gasteiger partial charge on any atom is -0.462 e. The number of allylic oxidation sites excluding steroid dienone is 14. The van der Waals surface area contributed by atoms with Crippen molar-refractivity contribution in [1.82, 2.24) is 0 Å². The summed E-state index contributed by atoms with van der Waals surface area (Å²) in [6, 6.07) is 0. The highest BCUT2D eigenvalue weighted by Crippen LogP contribution is 2.12. The van der Waals surface area contributed by atoms with E-state index in [0.717, 1.165) is 103 Å². The van der Waals surface area contributed by atoms with Gasteiger partial charge in [0.15, 0.2) is 6.10 Å². The van der Waals surface area contributed by atoms with Crippen LogP contribution < -0.4 is 0 Å². The lowest BCUT2D eigenvalue weighted by Crippen LogP contribution is -2.30. The fourth-order valence-electron chi connectivity index (χ4n) is 5.91. The van der Waals surface area contributed by atoms with Crippen LogP contribution >= 0.6 is 0 Å². The van der Waals surface area contributed by atoms with Crippen molar-refractivity contribution in [2.45, 2.75) is 207 Å². The van der Waals surface area contributed by atoms with Crippen molar-refractivity contribution < 1.29 is 23.8 Å². The van der Waals surface area contributed by atoms with E-state index in [4.69, 9.17) is 14.2 Å². The second kappa shape index (κ2) is 46.5. The van der Waals surface area contributed by atoms with E-state index in [2.05, 4.69) is 106 Å². The first-order valence-corrected chi connectivity index (χ1v) is 23.1. The van der Waals surface area contributed by atoms with Gasteiger partial charge in [0.05, 0.1) is 6.61 Å². The van der Waals surface area contributed by atoms with Gasteiger partial charge in [-0.3, -0.25) is 9.59 Å². The van der Waals surface area contributed by atoms with E-state index in [-0.39, 0.29) is 25.2 Å². The van der Waals surface area contributed by atoms with Crippen LogP contribution in [0.5, 0.6) is 0 Å².